The molecule has 0 fully saturated rings. The van der Waals surface area contributed by atoms with Gasteiger partial charge in [0, 0.05) is 17.8 Å². The van der Waals surface area contributed by atoms with Crippen molar-refractivity contribution < 1.29 is 9.59 Å². The van der Waals surface area contributed by atoms with Gasteiger partial charge in [0.1, 0.15) is 0 Å². The molecule has 5 N–H and O–H groups in total. The van der Waals surface area contributed by atoms with Crippen molar-refractivity contribution in [3.05, 3.63) is 23.8 Å². The number of nitrogens with zero attached hydrogens (tertiary/aromatic N) is 1. The van der Waals surface area contributed by atoms with Gasteiger partial charge < -0.3 is 16.8 Å². The Kier molecular flexibility index (Phi) is 6.68. The van der Waals surface area contributed by atoms with E-state index in [0.29, 0.717) is 25.1 Å². The first-order chi connectivity index (χ1) is 9.92. The molecule has 0 aliphatic carbocycles. The maximum Gasteiger partial charge on any atom is 0.231 e. The van der Waals surface area contributed by atoms with E-state index in [1.807, 2.05) is 24.8 Å². The Balaban J connectivity index is 2.38. The highest BCUT2D eigenvalue weighted by Gasteiger charge is 2.08. The van der Waals surface area contributed by atoms with Gasteiger partial charge in [-0.15, -0.1) is 0 Å². The fourth-order valence-corrected chi connectivity index (χ4v) is 2.07. The molecule has 0 bridgehead atoms. The number of carbonyl (C=O) groups excluding carboxylic acids is 2. The monoisotopic (exact) mass is 292 g/mol. The average molecular weight is 292 g/mol. The summed E-state index contributed by atoms with van der Waals surface area (Å²) in [5.74, 6) is -0.392. The number of nitrogen functional groups attached to an aromatic ring is 1. The molecule has 0 aliphatic rings. The smallest absolute Gasteiger partial charge is 0.231 e. The molecule has 0 heterocycles. The van der Waals surface area contributed by atoms with Gasteiger partial charge in [0.25, 0.3) is 0 Å². The normalized spacial score (nSPS) is 10.6. The maximum atomic E-state index is 11.9. The highest BCUT2D eigenvalue weighted by molar-refractivity contribution is 5.91. The van der Waals surface area contributed by atoms with E-state index in [1.54, 1.807) is 12.1 Å². The lowest BCUT2D eigenvalue weighted by atomic mass is 10.1. The summed E-state index contributed by atoms with van der Waals surface area (Å²) >= 11 is 0. The zero-order chi connectivity index (χ0) is 15.8. The Labute approximate surface area is 125 Å². The number of anilines is 2. The second-order valence-corrected chi connectivity index (χ2v) is 5.06. The summed E-state index contributed by atoms with van der Waals surface area (Å²) in [6.07, 6.45) is 1.08. The number of amides is 2. The number of benzene rings is 1. The molecule has 0 atom stereocenters. The standard InChI is InChI=1S/C15H24N4O2/c1-3-19(10-14(17)20)8-4-5-15(21)18-13-7-6-12(16)9-11(13)2/h6-7,9H,3-5,8,10,16H2,1-2H3,(H2,17,20)(H,18,21). The highest BCUT2D eigenvalue weighted by atomic mass is 16.2. The molecule has 21 heavy (non-hydrogen) atoms. The van der Waals surface area contributed by atoms with Crippen LogP contribution in [0, 0.1) is 6.92 Å². The quantitative estimate of drug-likeness (QED) is 0.624. The number of nitrogens with one attached hydrogen (secondary N) is 1. The predicted molar refractivity (Wildman–Crippen MR) is 84.8 cm³/mol. The number of hydrogen-bond donors (Lipinski definition) is 3. The average Bonchev–Trinajstić information content (AvgIpc) is 2.40. The molecule has 0 saturated heterocycles. The molecule has 1 rings (SSSR count). The van der Waals surface area contributed by atoms with Crippen molar-refractivity contribution in [2.24, 2.45) is 5.73 Å². The van der Waals surface area contributed by atoms with E-state index < -0.39 is 0 Å². The van der Waals surface area contributed by atoms with Gasteiger partial charge in [-0.25, -0.2) is 0 Å². The zero-order valence-electron chi connectivity index (χ0n) is 12.7. The first kappa shape index (κ1) is 17.0. The van der Waals surface area contributed by atoms with E-state index in [9.17, 15) is 9.59 Å². The van der Waals surface area contributed by atoms with Crippen LogP contribution in [0.3, 0.4) is 0 Å². The lowest BCUT2D eigenvalue weighted by molar-refractivity contribution is -0.119. The first-order valence-electron chi connectivity index (χ1n) is 7.09. The van der Waals surface area contributed by atoms with Gasteiger partial charge in [-0.2, -0.15) is 0 Å². The number of nitrogens with two attached hydrogens (primary N) is 2. The summed E-state index contributed by atoms with van der Waals surface area (Å²) in [6.45, 7) is 5.50. The number of hydrogen-bond acceptors (Lipinski definition) is 4. The Bertz CT molecular complexity index is 502. The Morgan fingerprint density at radius 1 is 1.33 bits per heavy atom. The molecule has 1 aromatic carbocycles. The molecule has 6 heteroatoms. The second kappa shape index (κ2) is 8.26. The van der Waals surface area contributed by atoms with Crippen LogP contribution in [0.2, 0.25) is 0 Å². The Morgan fingerprint density at radius 2 is 2.05 bits per heavy atom. The van der Waals surface area contributed by atoms with Crippen LogP contribution >= 0.6 is 0 Å². The molecule has 0 aliphatic heterocycles. The van der Waals surface area contributed by atoms with Crippen LogP contribution in [0.4, 0.5) is 11.4 Å². The van der Waals surface area contributed by atoms with Crippen molar-refractivity contribution in [1.82, 2.24) is 4.90 Å². The van der Waals surface area contributed by atoms with Crippen LogP contribution in [-0.2, 0) is 9.59 Å². The third-order valence-electron chi connectivity index (χ3n) is 3.23. The summed E-state index contributed by atoms with van der Waals surface area (Å²) in [7, 11) is 0. The molecule has 6 nitrogen and oxygen atoms in total. The van der Waals surface area contributed by atoms with Crippen LogP contribution in [0.1, 0.15) is 25.3 Å². The predicted octanol–water partition coefficient (Wildman–Crippen LogP) is 1.10. The van der Waals surface area contributed by atoms with Crippen LogP contribution in [0.5, 0.6) is 0 Å². The van der Waals surface area contributed by atoms with Crippen LogP contribution in [0.15, 0.2) is 18.2 Å². The minimum atomic E-state index is -0.348. The van der Waals surface area contributed by atoms with Crippen molar-refractivity contribution in [1.29, 1.82) is 0 Å². The fourth-order valence-electron chi connectivity index (χ4n) is 2.07. The molecule has 0 spiro atoms. The lowest BCUT2D eigenvalue weighted by Gasteiger charge is -2.18. The number of likely N-dealkylation sites (N-methyl/N-ethyl adjacent to an activating group) is 1. The van der Waals surface area contributed by atoms with Crippen LogP contribution in [0.25, 0.3) is 0 Å². The largest absolute Gasteiger partial charge is 0.399 e. The lowest BCUT2D eigenvalue weighted by Crippen LogP contribution is -2.34. The molecule has 0 radical (unpaired) electrons. The van der Waals surface area contributed by atoms with Gasteiger partial charge in [-0.3, -0.25) is 14.5 Å². The summed E-state index contributed by atoms with van der Waals surface area (Å²) in [4.78, 5) is 24.7. The summed E-state index contributed by atoms with van der Waals surface area (Å²) in [5.41, 5.74) is 13.2. The SMILES string of the molecule is CCN(CCCC(=O)Nc1ccc(N)cc1C)CC(N)=O. The topological polar surface area (TPSA) is 101 Å². The third-order valence-corrected chi connectivity index (χ3v) is 3.23. The minimum Gasteiger partial charge on any atom is -0.399 e. The van der Waals surface area contributed by atoms with Gasteiger partial charge >= 0.3 is 0 Å². The zero-order valence-corrected chi connectivity index (χ0v) is 12.7. The highest BCUT2D eigenvalue weighted by Crippen LogP contribution is 2.17. The summed E-state index contributed by atoms with van der Waals surface area (Å²) in [5, 5.41) is 2.87. The first-order valence-corrected chi connectivity index (χ1v) is 7.09. The van der Waals surface area contributed by atoms with Crippen LogP contribution < -0.4 is 16.8 Å². The van der Waals surface area contributed by atoms with Gasteiger partial charge in [-0.05, 0) is 50.2 Å². The summed E-state index contributed by atoms with van der Waals surface area (Å²) < 4.78 is 0. The molecule has 116 valence electrons. The van der Waals surface area contributed by atoms with Crippen molar-refractivity contribution in [2.45, 2.75) is 26.7 Å². The van der Waals surface area contributed by atoms with E-state index in [-0.39, 0.29) is 18.4 Å². The van der Waals surface area contributed by atoms with Gasteiger partial charge in [0.05, 0.1) is 6.54 Å². The molecule has 0 unspecified atom stereocenters. The van der Waals surface area contributed by atoms with Crippen molar-refractivity contribution in [3.63, 3.8) is 0 Å². The number of aryl methyl sites for hydroxylation is 1. The number of carbonyl (C=O) groups is 2. The molecule has 0 saturated carbocycles. The van der Waals surface area contributed by atoms with Gasteiger partial charge in [-0.1, -0.05) is 6.92 Å². The van der Waals surface area contributed by atoms with E-state index >= 15 is 0 Å². The summed E-state index contributed by atoms with van der Waals surface area (Å²) in [6, 6.07) is 5.38. The number of rotatable bonds is 8. The minimum absolute atomic E-state index is 0.0435. The molecule has 0 aromatic heterocycles. The van der Waals surface area contributed by atoms with E-state index in [0.717, 1.165) is 17.8 Å². The van der Waals surface area contributed by atoms with Crippen molar-refractivity contribution >= 4 is 23.2 Å². The molecule has 1 aromatic rings. The molecular weight excluding hydrogens is 268 g/mol. The van der Waals surface area contributed by atoms with E-state index in [4.69, 9.17) is 11.5 Å². The Hall–Kier alpha value is -2.08. The third kappa shape index (κ3) is 6.27. The Morgan fingerprint density at radius 3 is 2.62 bits per heavy atom. The van der Waals surface area contributed by atoms with E-state index in [2.05, 4.69) is 5.32 Å². The molecule has 2 amide bonds. The van der Waals surface area contributed by atoms with Gasteiger partial charge in [0.15, 0.2) is 0 Å². The van der Waals surface area contributed by atoms with Crippen molar-refractivity contribution in [2.75, 3.05) is 30.7 Å². The number of primary amides is 1. The maximum absolute atomic E-state index is 11.9. The second-order valence-electron chi connectivity index (χ2n) is 5.06. The van der Waals surface area contributed by atoms with Gasteiger partial charge in [0.2, 0.25) is 11.8 Å². The van der Waals surface area contributed by atoms with Crippen molar-refractivity contribution in [3.8, 4) is 0 Å². The van der Waals surface area contributed by atoms with E-state index in [1.165, 1.54) is 0 Å². The molecular formula is C15H24N4O2. The fraction of sp³-hybridized carbons (Fsp3) is 0.467. The van der Waals surface area contributed by atoms with Crippen LogP contribution in [-0.4, -0.2) is 36.3 Å².